The van der Waals surface area contributed by atoms with Crippen LogP contribution in [0.5, 0.6) is 0 Å². The first-order chi connectivity index (χ1) is 5.91. The quantitative estimate of drug-likeness (QED) is 0.589. The normalized spacial score (nSPS) is 20.4. The predicted molar refractivity (Wildman–Crippen MR) is 48.3 cm³/mol. The molecule has 0 amide bonds. The van der Waals surface area contributed by atoms with Crippen LogP contribution in [0.1, 0.15) is 27.2 Å². The van der Waals surface area contributed by atoms with Gasteiger partial charge in [-0.25, -0.2) is 0 Å². The van der Waals surface area contributed by atoms with Crippen LogP contribution in [0.2, 0.25) is 0 Å². The molecule has 0 rings (SSSR count). The summed E-state index contributed by atoms with van der Waals surface area (Å²) in [5, 5.41) is 27.5. The van der Waals surface area contributed by atoms with E-state index in [2.05, 4.69) is 0 Å². The van der Waals surface area contributed by atoms with Crippen molar-refractivity contribution in [3.05, 3.63) is 0 Å². The Balaban J connectivity index is 4.24. The second-order valence-corrected chi connectivity index (χ2v) is 3.45. The lowest BCUT2D eigenvalue weighted by Crippen LogP contribution is -2.37. The number of rotatable bonds is 5. The van der Waals surface area contributed by atoms with E-state index in [1.165, 1.54) is 6.92 Å². The van der Waals surface area contributed by atoms with Crippen LogP contribution in [0.25, 0.3) is 0 Å². The zero-order valence-corrected chi connectivity index (χ0v) is 8.27. The van der Waals surface area contributed by atoms with Crippen molar-refractivity contribution < 1.29 is 20.1 Å². The molecule has 13 heavy (non-hydrogen) atoms. The first kappa shape index (κ1) is 12.4. The standard InChI is InChI=1S/C9H18O4/c1-4-7(10)5(2)8(11)6(3)9(12)13/h5-8,10-11H,4H2,1-3H3,(H,12,13)/t5-,6+,7+,8-/m0/s1. The monoisotopic (exact) mass is 190 g/mol. The average molecular weight is 190 g/mol. The number of hydrogen-bond donors (Lipinski definition) is 3. The van der Waals surface area contributed by atoms with Crippen molar-refractivity contribution in [2.75, 3.05) is 0 Å². The molecule has 0 fully saturated rings. The van der Waals surface area contributed by atoms with Crippen molar-refractivity contribution in [1.29, 1.82) is 0 Å². The Kier molecular flexibility index (Phi) is 4.95. The van der Waals surface area contributed by atoms with E-state index in [1.54, 1.807) is 13.8 Å². The third-order valence-corrected chi connectivity index (χ3v) is 2.47. The van der Waals surface area contributed by atoms with Gasteiger partial charge in [0, 0.05) is 5.92 Å². The van der Waals surface area contributed by atoms with Crippen LogP contribution in [0.4, 0.5) is 0 Å². The molecule has 0 saturated heterocycles. The molecule has 0 saturated carbocycles. The fourth-order valence-corrected chi connectivity index (χ4v) is 1.20. The number of carboxylic acids is 1. The van der Waals surface area contributed by atoms with E-state index in [4.69, 9.17) is 5.11 Å². The number of aliphatic carboxylic acids is 1. The SMILES string of the molecule is CC[C@@H](O)[C@H](C)[C@H](O)[C@@H](C)C(=O)O. The number of carbonyl (C=O) groups is 1. The molecule has 0 radical (unpaired) electrons. The fraction of sp³-hybridized carbons (Fsp3) is 0.889. The highest BCUT2D eigenvalue weighted by molar-refractivity contribution is 5.70. The highest BCUT2D eigenvalue weighted by Gasteiger charge is 2.29. The molecule has 0 bridgehead atoms. The van der Waals surface area contributed by atoms with E-state index >= 15 is 0 Å². The maximum absolute atomic E-state index is 10.5. The molecule has 4 atom stereocenters. The van der Waals surface area contributed by atoms with Crippen LogP contribution in [-0.2, 0) is 4.79 Å². The van der Waals surface area contributed by atoms with Gasteiger partial charge in [0.05, 0.1) is 18.1 Å². The fourth-order valence-electron chi connectivity index (χ4n) is 1.20. The summed E-state index contributed by atoms with van der Waals surface area (Å²) in [7, 11) is 0. The molecule has 0 unspecified atom stereocenters. The van der Waals surface area contributed by atoms with Gasteiger partial charge in [0.1, 0.15) is 0 Å². The lowest BCUT2D eigenvalue weighted by atomic mass is 9.88. The summed E-state index contributed by atoms with van der Waals surface area (Å²) in [6.45, 7) is 4.88. The lowest BCUT2D eigenvalue weighted by molar-refractivity contribution is -0.147. The molecule has 0 aromatic rings. The van der Waals surface area contributed by atoms with Crippen molar-refractivity contribution in [3.8, 4) is 0 Å². The summed E-state index contributed by atoms with van der Waals surface area (Å²) >= 11 is 0. The van der Waals surface area contributed by atoms with Gasteiger partial charge in [-0.15, -0.1) is 0 Å². The zero-order chi connectivity index (χ0) is 10.6. The van der Waals surface area contributed by atoms with Crippen molar-refractivity contribution in [3.63, 3.8) is 0 Å². The first-order valence-corrected chi connectivity index (χ1v) is 4.50. The van der Waals surface area contributed by atoms with Crippen LogP contribution in [0.15, 0.2) is 0 Å². The molecular weight excluding hydrogens is 172 g/mol. The van der Waals surface area contributed by atoms with Crippen molar-refractivity contribution in [1.82, 2.24) is 0 Å². The van der Waals surface area contributed by atoms with Crippen molar-refractivity contribution in [2.24, 2.45) is 11.8 Å². The molecule has 0 aliphatic carbocycles. The molecule has 0 aliphatic heterocycles. The first-order valence-electron chi connectivity index (χ1n) is 4.50. The third-order valence-electron chi connectivity index (χ3n) is 2.47. The van der Waals surface area contributed by atoms with Crippen molar-refractivity contribution >= 4 is 5.97 Å². The number of hydrogen-bond acceptors (Lipinski definition) is 3. The maximum Gasteiger partial charge on any atom is 0.308 e. The van der Waals surface area contributed by atoms with Crippen LogP contribution in [0.3, 0.4) is 0 Å². The molecule has 3 N–H and O–H groups in total. The van der Waals surface area contributed by atoms with Crippen LogP contribution >= 0.6 is 0 Å². The summed E-state index contributed by atoms with van der Waals surface area (Å²) in [6.07, 6.45) is -1.12. The Morgan fingerprint density at radius 1 is 1.31 bits per heavy atom. The average Bonchev–Trinajstić information content (AvgIpc) is 2.12. The van der Waals surface area contributed by atoms with Gasteiger partial charge in [0.25, 0.3) is 0 Å². The van der Waals surface area contributed by atoms with E-state index in [9.17, 15) is 15.0 Å². The smallest absolute Gasteiger partial charge is 0.308 e. The molecule has 0 aromatic heterocycles. The minimum atomic E-state index is -1.04. The summed E-state index contributed by atoms with van der Waals surface area (Å²) in [5.74, 6) is -2.28. The Labute approximate surface area is 78.2 Å². The Morgan fingerprint density at radius 2 is 1.77 bits per heavy atom. The van der Waals surface area contributed by atoms with Gasteiger partial charge in [-0.2, -0.15) is 0 Å². The third kappa shape index (κ3) is 3.32. The molecule has 0 aromatic carbocycles. The van der Waals surface area contributed by atoms with Crippen molar-refractivity contribution in [2.45, 2.75) is 39.4 Å². The number of aliphatic hydroxyl groups is 2. The molecule has 0 spiro atoms. The lowest BCUT2D eigenvalue weighted by Gasteiger charge is -2.25. The van der Waals surface area contributed by atoms with E-state index in [0.717, 1.165) is 0 Å². The second kappa shape index (κ2) is 5.19. The van der Waals surface area contributed by atoms with Gasteiger partial charge >= 0.3 is 5.97 Å². The predicted octanol–water partition coefficient (Wildman–Crippen LogP) is 0.475. The number of aliphatic hydroxyl groups excluding tert-OH is 2. The summed E-state index contributed by atoms with van der Waals surface area (Å²) < 4.78 is 0. The van der Waals surface area contributed by atoms with Crippen LogP contribution in [0, 0.1) is 11.8 Å². The largest absolute Gasteiger partial charge is 0.481 e. The molecule has 0 aliphatic rings. The van der Waals surface area contributed by atoms with E-state index in [-0.39, 0.29) is 0 Å². The highest BCUT2D eigenvalue weighted by Crippen LogP contribution is 2.18. The van der Waals surface area contributed by atoms with Gasteiger partial charge < -0.3 is 15.3 Å². The van der Waals surface area contributed by atoms with E-state index in [1.807, 2.05) is 0 Å². The molecule has 4 heteroatoms. The highest BCUT2D eigenvalue weighted by atomic mass is 16.4. The van der Waals surface area contributed by atoms with Crippen LogP contribution in [-0.4, -0.2) is 33.5 Å². The van der Waals surface area contributed by atoms with E-state index < -0.39 is 30.0 Å². The van der Waals surface area contributed by atoms with Gasteiger partial charge in [-0.1, -0.05) is 13.8 Å². The van der Waals surface area contributed by atoms with Gasteiger partial charge in [-0.05, 0) is 13.3 Å². The second-order valence-electron chi connectivity index (χ2n) is 3.45. The molecule has 0 heterocycles. The number of carboxylic acid groups (broad SMARTS) is 1. The van der Waals surface area contributed by atoms with Gasteiger partial charge in [-0.3, -0.25) is 4.79 Å². The molecule has 4 nitrogen and oxygen atoms in total. The van der Waals surface area contributed by atoms with E-state index in [0.29, 0.717) is 6.42 Å². The molecular formula is C9H18O4. The van der Waals surface area contributed by atoms with Gasteiger partial charge in [0.15, 0.2) is 0 Å². The Morgan fingerprint density at radius 3 is 2.08 bits per heavy atom. The minimum Gasteiger partial charge on any atom is -0.481 e. The van der Waals surface area contributed by atoms with Gasteiger partial charge in [0.2, 0.25) is 0 Å². The molecule has 78 valence electrons. The zero-order valence-electron chi connectivity index (χ0n) is 8.27. The maximum atomic E-state index is 10.5. The Hall–Kier alpha value is -0.610. The summed E-state index contributed by atoms with van der Waals surface area (Å²) in [4.78, 5) is 10.5. The van der Waals surface area contributed by atoms with Crippen LogP contribution < -0.4 is 0 Å². The Bertz CT molecular complexity index is 169. The topological polar surface area (TPSA) is 77.8 Å². The summed E-state index contributed by atoms with van der Waals surface area (Å²) in [6, 6.07) is 0. The summed E-state index contributed by atoms with van der Waals surface area (Å²) in [5.41, 5.74) is 0. The minimum absolute atomic E-state index is 0.406.